The number of nitrogens with zero attached hydrogens (tertiary/aromatic N) is 2. The van der Waals surface area contributed by atoms with E-state index in [2.05, 4.69) is 10.1 Å². The molecule has 0 saturated heterocycles. The SMILES string of the molecule is O=c1[nH]n(C(c2ccccc2)c2cccc(-c3cccnc3)c2)c(O)c1Sc1ccccc1Cl. The first-order chi connectivity index (χ1) is 16.6. The molecule has 0 saturated carbocycles. The first-order valence-electron chi connectivity index (χ1n) is 10.6. The molecular formula is C27H20ClN3O2S. The van der Waals surface area contributed by atoms with Gasteiger partial charge in [0.25, 0.3) is 5.56 Å². The standard InChI is InChI=1S/C27H20ClN3O2S/c28-22-13-4-5-14-23(22)34-25-26(32)30-31(27(25)33)24(18-8-2-1-3-9-18)20-11-6-10-19(16-20)21-12-7-15-29-17-21/h1-17,24,33H,(H,30,32). The molecule has 0 aliphatic rings. The number of nitrogens with one attached hydrogen (secondary N) is 1. The van der Waals surface area contributed by atoms with Gasteiger partial charge in [0.05, 0.1) is 5.02 Å². The van der Waals surface area contributed by atoms with E-state index in [9.17, 15) is 9.90 Å². The molecule has 0 amide bonds. The van der Waals surface area contributed by atoms with Crippen LogP contribution in [0.15, 0.2) is 118 Å². The van der Waals surface area contributed by atoms with Crippen molar-refractivity contribution in [2.45, 2.75) is 15.8 Å². The molecule has 7 heteroatoms. The molecule has 1 unspecified atom stereocenters. The molecule has 0 radical (unpaired) electrons. The van der Waals surface area contributed by atoms with Gasteiger partial charge in [-0.05, 0) is 46.5 Å². The molecule has 0 aliphatic carbocycles. The third kappa shape index (κ3) is 4.38. The van der Waals surface area contributed by atoms with Crippen molar-refractivity contribution in [1.29, 1.82) is 0 Å². The number of pyridine rings is 1. The average Bonchev–Trinajstić information content (AvgIpc) is 3.15. The van der Waals surface area contributed by atoms with Gasteiger partial charge in [0, 0.05) is 17.3 Å². The Kier molecular flexibility index (Phi) is 6.25. The van der Waals surface area contributed by atoms with Crippen LogP contribution < -0.4 is 5.56 Å². The topological polar surface area (TPSA) is 70.9 Å². The summed E-state index contributed by atoms with van der Waals surface area (Å²) < 4.78 is 1.51. The molecule has 3 aromatic carbocycles. The van der Waals surface area contributed by atoms with Crippen LogP contribution in [0.4, 0.5) is 0 Å². The van der Waals surface area contributed by atoms with E-state index in [1.807, 2.05) is 91.1 Å². The van der Waals surface area contributed by atoms with Crippen LogP contribution in [-0.4, -0.2) is 19.9 Å². The number of aromatic hydroxyl groups is 1. The molecule has 0 spiro atoms. The lowest BCUT2D eigenvalue weighted by molar-refractivity contribution is 0.384. The summed E-state index contributed by atoms with van der Waals surface area (Å²) in [5, 5.41) is 14.6. The van der Waals surface area contributed by atoms with Gasteiger partial charge in [-0.2, -0.15) is 0 Å². The summed E-state index contributed by atoms with van der Waals surface area (Å²) in [4.78, 5) is 18.0. The van der Waals surface area contributed by atoms with Gasteiger partial charge in [-0.1, -0.05) is 90.1 Å². The summed E-state index contributed by atoms with van der Waals surface area (Å²) in [6.45, 7) is 0. The molecule has 5 nitrogen and oxygen atoms in total. The molecule has 5 rings (SSSR count). The van der Waals surface area contributed by atoms with E-state index in [0.29, 0.717) is 9.92 Å². The summed E-state index contributed by atoms with van der Waals surface area (Å²) in [5.74, 6) is -0.143. The number of hydrogen-bond donors (Lipinski definition) is 2. The zero-order valence-corrected chi connectivity index (χ0v) is 19.5. The van der Waals surface area contributed by atoms with Crippen LogP contribution in [-0.2, 0) is 0 Å². The predicted molar refractivity (Wildman–Crippen MR) is 136 cm³/mol. The van der Waals surface area contributed by atoms with Crippen molar-refractivity contribution < 1.29 is 5.11 Å². The molecule has 5 aromatic rings. The second-order valence-electron chi connectivity index (χ2n) is 7.68. The van der Waals surface area contributed by atoms with Gasteiger partial charge in [0.15, 0.2) is 0 Å². The minimum absolute atomic E-state index is 0.143. The van der Waals surface area contributed by atoms with Gasteiger partial charge in [0.1, 0.15) is 10.9 Å². The second kappa shape index (κ2) is 9.63. The van der Waals surface area contributed by atoms with Gasteiger partial charge in [0.2, 0.25) is 5.88 Å². The lowest BCUT2D eigenvalue weighted by Gasteiger charge is -2.21. The molecule has 1 atom stereocenters. The van der Waals surface area contributed by atoms with E-state index < -0.39 is 6.04 Å². The van der Waals surface area contributed by atoms with Crippen molar-refractivity contribution in [2.75, 3.05) is 0 Å². The van der Waals surface area contributed by atoms with E-state index in [-0.39, 0.29) is 16.3 Å². The minimum atomic E-state index is -0.453. The number of H-pyrrole nitrogens is 1. The van der Waals surface area contributed by atoms with Crippen LogP contribution in [0.2, 0.25) is 5.02 Å². The van der Waals surface area contributed by atoms with E-state index in [1.165, 1.54) is 4.68 Å². The summed E-state index contributed by atoms with van der Waals surface area (Å²) >= 11 is 7.43. The van der Waals surface area contributed by atoms with Gasteiger partial charge < -0.3 is 5.11 Å². The van der Waals surface area contributed by atoms with Crippen LogP contribution in [0.1, 0.15) is 17.2 Å². The Morgan fingerprint density at radius 2 is 1.62 bits per heavy atom. The number of rotatable bonds is 6. The Balaban J connectivity index is 1.63. The van der Waals surface area contributed by atoms with Crippen LogP contribution in [0.3, 0.4) is 0 Å². The Labute approximate surface area is 205 Å². The van der Waals surface area contributed by atoms with Crippen molar-refractivity contribution in [2.24, 2.45) is 0 Å². The normalized spacial score (nSPS) is 11.9. The lowest BCUT2D eigenvalue weighted by Crippen LogP contribution is -2.16. The quantitative estimate of drug-likeness (QED) is 0.292. The maximum atomic E-state index is 12.9. The highest BCUT2D eigenvalue weighted by molar-refractivity contribution is 7.99. The molecule has 2 aromatic heterocycles. The maximum Gasteiger partial charge on any atom is 0.282 e. The minimum Gasteiger partial charge on any atom is -0.493 e. The molecule has 2 N–H and O–H groups in total. The van der Waals surface area contributed by atoms with Crippen molar-refractivity contribution in [1.82, 2.24) is 14.8 Å². The lowest BCUT2D eigenvalue weighted by atomic mass is 9.95. The van der Waals surface area contributed by atoms with Crippen LogP contribution in [0, 0.1) is 0 Å². The zero-order chi connectivity index (χ0) is 23.5. The van der Waals surface area contributed by atoms with Crippen molar-refractivity contribution in [3.05, 3.63) is 130 Å². The van der Waals surface area contributed by atoms with Crippen LogP contribution in [0.5, 0.6) is 5.88 Å². The second-order valence-corrected chi connectivity index (χ2v) is 9.14. The maximum absolute atomic E-state index is 12.9. The molecule has 0 bridgehead atoms. The highest BCUT2D eigenvalue weighted by Crippen LogP contribution is 2.39. The van der Waals surface area contributed by atoms with Crippen LogP contribution in [0.25, 0.3) is 11.1 Å². The van der Waals surface area contributed by atoms with Crippen molar-refractivity contribution in [3.8, 4) is 17.0 Å². The monoisotopic (exact) mass is 485 g/mol. The van der Waals surface area contributed by atoms with Gasteiger partial charge in [-0.3, -0.25) is 14.9 Å². The fourth-order valence-corrected chi connectivity index (χ4v) is 5.00. The molecular weight excluding hydrogens is 466 g/mol. The van der Waals surface area contributed by atoms with Gasteiger partial charge in [-0.25, -0.2) is 4.68 Å². The van der Waals surface area contributed by atoms with E-state index in [0.717, 1.165) is 34.0 Å². The highest BCUT2D eigenvalue weighted by Gasteiger charge is 2.25. The number of aromatic amines is 1. The molecule has 34 heavy (non-hydrogen) atoms. The Bertz CT molecular complexity index is 1480. The summed E-state index contributed by atoms with van der Waals surface area (Å²) in [6.07, 6.45) is 3.55. The molecule has 0 fully saturated rings. The summed E-state index contributed by atoms with van der Waals surface area (Å²) in [5.41, 5.74) is 3.42. The molecule has 168 valence electrons. The first kappa shape index (κ1) is 22.1. The van der Waals surface area contributed by atoms with Crippen LogP contribution >= 0.6 is 23.4 Å². The number of halogens is 1. The number of benzene rings is 3. The Morgan fingerprint density at radius 3 is 2.38 bits per heavy atom. The summed E-state index contributed by atoms with van der Waals surface area (Å²) in [7, 11) is 0. The third-order valence-corrected chi connectivity index (χ3v) is 7.07. The first-order valence-corrected chi connectivity index (χ1v) is 11.8. The van der Waals surface area contributed by atoms with E-state index in [1.54, 1.807) is 12.3 Å². The average molecular weight is 486 g/mol. The number of aromatic nitrogens is 3. The Hall–Kier alpha value is -3.74. The van der Waals surface area contributed by atoms with E-state index >= 15 is 0 Å². The highest BCUT2D eigenvalue weighted by atomic mass is 35.5. The van der Waals surface area contributed by atoms with Crippen molar-refractivity contribution in [3.63, 3.8) is 0 Å². The number of hydrogen-bond acceptors (Lipinski definition) is 4. The smallest absolute Gasteiger partial charge is 0.282 e. The van der Waals surface area contributed by atoms with E-state index in [4.69, 9.17) is 11.6 Å². The van der Waals surface area contributed by atoms with Gasteiger partial charge in [-0.15, -0.1) is 0 Å². The fourth-order valence-electron chi connectivity index (χ4n) is 3.89. The summed E-state index contributed by atoms with van der Waals surface area (Å²) in [6, 6.07) is 28.4. The van der Waals surface area contributed by atoms with Gasteiger partial charge >= 0.3 is 0 Å². The molecule has 0 aliphatic heterocycles. The predicted octanol–water partition coefficient (Wildman–Crippen LogP) is 6.39. The third-order valence-electron chi connectivity index (χ3n) is 5.48. The largest absolute Gasteiger partial charge is 0.493 e. The Morgan fingerprint density at radius 1 is 0.882 bits per heavy atom. The fraction of sp³-hybridized carbons (Fsp3) is 0.0370. The molecule has 2 heterocycles. The zero-order valence-electron chi connectivity index (χ0n) is 17.9. The van der Waals surface area contributed by atoms with Crippen molar-refractivity contribution >= 4 is 23.4 Å².